The number of hydrogen-bond acceptors (Lipinski definition) is 5. The van der Waals surface area contributed by atoms with Crippen LogP contribution in [0.1, 0.15) is 52.8 Å². The molecule has 1 saturated heterocycles. The highest BCUT2D eigenvalue weighted by atomic mass is 35.5. The molecule has 2 aromatic rings. The fraction of sp³-hybridized carbons (Fsp3) is 0.474. The molecule has 2 fully saturated rings. The predicted octanol–water partition coefficient (Wildman–Crippen LogP) is 3.95. The molecular formula is C19H21ClN4O2S. The first-order chi connectivity index (χ1) is 13.1. The van der Waals surface area contributed by atoms with E-state index in [1.54, 1.807) is 24.3 Å². The molecule has 1 aliphatic carbocycles. The van der Waals surface area contributed by atoms with Crippen LogP contribution in [-0.4, -0.2) is 40.0 Å². The summed E-state index contributed by atoms with van der Waals surface area (Å²) in [7, 11) is 0. The number of anilines is 1. The molecule has 0 spiro atoms. The lowest BCUT2D eigenvalue weighted by Gasteiger charge is -2.36. The van der Waals surface area contributed by atoms with Crippen LogP contribution in [-0.2, 0) is 4.79 Å². The number of nitrogens with zero attached hydrogens (tertiary/aromatic N) is 3. The number of piperidine rings is 1. The summed E-state index contributed by atoms with van der Waals surface area (Å²) in [4.78, 5) is 26.9. The number of aromatic nitrogens is 2. The summed E-state index contributed by atoms with van der Waals surface area (Å²) in [5, 5.41) is 12.9. The Hall–Kier alpha value is -1.99. The van der Waals surface area contributed by atoms with Gasteiger partial charge in [0.25, 0.3) is 5.91 Å². The third kappa shape index (κ3) is 4.14. The van der Waals surface area contributed by atoms with Crippen LogP contribution in [0.15, 0.2) is 24.3 Å². The lowest BCUT2D eigenvalue weighted by atomic mass is 9.83. The average Bonchev–Trinajstić information content (AvgIpc) is 3.13. The largest absolute Gasteiger partial charge is 0.342 e. The maximum Gasteiger partial charge on any atom is 0.286 e. The maximum atomic E-state index is 12.5. The zero-order chi connectivity index (χ0) is 18.8. The van der Waals surface area contributed by atoms with Crippen LogP contribution in [0.4, 0.5) is 5.69 Å². The van der Waals surface area contributed by atoms with Gasteiger partial charge in [-0.15, -0.1) is 10.2 Å². The molecule has 1 unspecified atom stereocenters. The van der Waals surface area contributed by atoms with Crippen LogP contribution < -0.4 is 5.32 Å². The van der Waals surface area contributed by atoms with Crippen molar-refractivity contribution < 1.29 is 9.59 Å². The summed E-state index contributed by atoms with van der Waals surface area (Å²) < 4.78 is 0. The molecule has 2 amide bonds. The number of halogens is 1. The number of likely N-dealkylation sites (tertiary alicyclic amines) is 1. The summed E-state index contributed by atoms with van der Waals surface area (Å²) in [6.45, 7) is 1.51. The van der Waals surface area contributed by atoms with E-state index in [9.17, 15) is 9.59 Å². The van der Waals surface area contributed by atoms with Crippen molar-refractivity contribution in [3.63, 3.8) is 0 Å². The molecule has 0 radical (unpaired) electrons. The lowest BCUT2D eigenvalue weighted by Crippen LogP contribution is -2.44. The van der Waals surface area contributed by atoms with Crippen molar-refractivity contribution in [2.45, 2.75) is 38.0 Å². The molecule has 1 saturated carbocycles. The number of nitrogens with one attached hydrogen (secondary N) is 1. The molecule has 1 atom stereocenters. The highest BCUT2D eigenvalue weighted by Crippen LogP contribution is 2.33. The van der Waals surface area contributed by atoms with Gasteiger partial charge in [0, 0.05) is 35.6 Å². The third-order valence-electron chi connectivity index (χ3n) is 5.27. The summed E-state index contributed by atoms with van der Waals surface area (Å²) in [6, 6.07) is 6.93. The van der Waals surface area contributed by atoms with E-state index in [1.165, 1.54) is 11.3 Å². The number of carbonyl (C=O) groups is 2. The van der Waals surface area contributed by atoms with Gasteiger partial charge in [-0.25, -0.2) is 0 Å². The van der Waals surface area contributed by atoms with Gasteiger partial charge in [0.05, 0.1) is 0 Å². The van der Waals surface area contributed by atoms with E-state index in [0.29, 0.717) is 22.3 Å². The number of hydrogen-bond donors (Lipinski definition) is 1. The van der Waals surface area contributed by atoms with Crippen molar-refractivity contribution in [1.29, 1.82) is 0 Å². The van der Waals surface area contributed by atoms with Crippen LogP contribution in [0.2, 0.25) is 5.02 Å². The first-order valence-electron chi connectivity index (χ1n) is 9.29. The quantitative estimate of drug-likeness (QED) is 0.837. The minimum atomic E-state index is -0.278. The minimum Gasteiger partial charge on any atom is -0.342 e. The van der Waals surface area contributed by atoms with Gasteiger partial charge in [0.15, 0.2) is 0 Å². The van der Waals surface area contributed by atoms with Crippen LogP contribution in [0.25, 0.3) is 0 Å². The Morgan fingerprint density at radius 2 is 1.89 bits per heavy atom. The SMILES string of the molecule is O=C(Nc1ccc(Cl)cc1)c1nnc(C2CCCN(C(=O)C3CCC3)C2)s1. The zero-order valence-corrected chi connectivity index (χ0v) is 16.4. The van der Waals surface area contributed by atoms with E-state index in [4.69, 9.17) is 11.6 Å². The fourth-order valence-corrected chi connectivity index (χ4v) is 4.49. The average molecular weight is 405 g/mol. The molecule has 142 valence electrons. The molecule has 4 rings (SSSR count). The molecule has 2 aliphatic rings. The summed E-state index contributed by atoms with van der Waals surface area (Å²) in [6.07, 6.45) is 5.15. The first kappa shape index (κ1) is 18.4. The van der Waals surface area contributed by atoms with Crippen molar-refractivity contribution in [2.75, 3.05) is 18.4 Å². The van der Waals surface area contributed by atoms with Gasteiger partial charge >= 0.3 is 0 Å². The van der Waals surface area contributed by atoms with Crippen molar-refractivity contribution in [3.8, 4) is 0 Å². The second-order valence-corrected chi connectivity index (χ2v) is 8.60. The Morgan fingerprint density at radius 3 is 2.59 bits per heavy atom. The Kier molecular flexibility index (Phi) is 5.41. The molecule has 1 aromatic carbocycles. The number of rotatable bonds is 4. The molecular weight excluding hydrogens is 384 g/mol. The molecule has 1 N–H and O–H groups in total. The predicted molar refractivity (Wildman–Crippen MR) is 105 cm³/mol. The molecule has 0 bridgehead atoms. The molecule has 2 heterocycles. The molecule has 27 heavy (non-hydrogen) atoms. The number of amides is 2. The summed E-state index contributed by atoms with van der Waals surface area (Å²) >= 11 is 7.17. The smallest absolute Gasteiger partial charge is 0.286 e. The van der Waals surface area contributed by atoms with Crippen LogP contribution in [0.5, 0.6) is 0 Å². The molecule has 1 aliphatic heterocycles. The fourth-order valence-electron chi connectivity index (χ4n) is 3.50. The van der Waals surface area contributed by atoms with Gasteiger partial charge in [-0.05, 0) is 49.9 Å². The topological polar surface area (TPSA) is 75.2 Å². The second-order valence-electron chi connectivity index (χ2n) is 7.16. The van der Waals surface area contributed by atoms with Gasteiger partial charge < -0.3 is 10.2 Å². The van der Waals surface area contributed by atoms with E-state index in [2.05, 4.69) is 15.5 Å². The van der Waals surface area contributed by atoms with E-state index in [-0.39, 0.29) is 23.7 Å². The maximum absolute atomic E-state index is 12.5. The molecule has 1 aromatic heterocycles. The Morgan fingerprint density at radius 1 is 1.11 bits per heavy atom. The standard InChI is InChI=1S/C19H21ClN4O2S/c20-14-6-8-15(9-7-14)21-16(25)18-23-22-17(27-18)13-5-2-10-24(11-13)19(26)12-3-1-4-12/h6-9,12-13H,1-5,10-11H2,(H,21,25). The van der Waals surface area contributed by atoms with Crippen molar-refractivity contribution in [3.05, 3.63) is 39.3 Å². The van der Waals surface area contributed by atoms with E-state index in [1.807, 2.05) is 4.90 Å². The van der Waals surface area contributed by atoms with Crippen molar-refractivity contribution in [2.24, 2.45) is 5.92 Å². The van der Waals surface area contributed by atoms with E-state index in [0.717, 1.165) is 43.7 Å². The first-order valence-corrected chi connectivity index (χ1v) is 10.5. The van der Waals surface area contributed by atoms with Gasteiger partial charge in [0.1, 0.15) is 5.01 Å². The Bertz CT molecular complexity index is 834. The number of benzene rings is 1. The zero-order valence-electron chi connectivity index (χ0n) is 14.9. The lowest BCUT2D eigenvalue weighted by molar-refractivity contribution is -0.139. The Labute approximate surface area is 166 Å². The van der Waals surface area contributed by atoms with Gasteiger partial charge in [-0.1, -0.05) is 29.4 Å². The monoisotopic (exact) mass is 404 g/mol. The van der Waals surface area contributed by atoms with Gasteiger partial charge in [0.2, 0.25) is 10.9 Å². The van der Waals surface area contributed by atoms with Crippen LogP contribution >= 0.6 is 22.9 Å². The van der Waals surface area contributed by atoms with Gasteiger partial charge in [-0.3, -0.25) is 9.59 Å². The number of carbonyl (C=O) groups excluding carboxylic acids is 2. The van der Waals surface area contributed by atoms with Crippen LogP contribution in [0, 0.1) is 5.92 Å². The summed E-state index contributed by atoms with van der Waals surface area (Å²) in [5.74, 6) is 0.395. The molecule has 6 nitrogen and oxygen atoms in total. The van der Waals surface area contributed by atoms with Crippen molar-refractivity contribution in [1.82, 2.24) is 15.1 Å². The third-order valence-corrected chi connectivity index (χ3v) is 6.61. The van der Waals surface area contributed by atoms with E-state index >= 15 is 0 Å². The van der Waals surface area contributed by atoms with Crippen molar-refractivity contribution >= 4 is 40.4 Å². The highest BCUT2D eigenvalue weighted by Gasteiger charge is 2.33. The van der Waals surface area contributed by atoms with Crippen LogP contribution in [0.3, 0.4) is 0 Å². The highest BCUT2D eigenvalue weighted by molar-refractivity contribution is 7.13. The Balaban J connectivity index is 1.39. The second kappa shape index (κ2) is 7.94. The minimum absolute atomic E-state index is 0.164. The van der Waals surface area contributed by atoms with Gasteiger partial charge in [-0.2, -0.15) is 0 Å². The molecule has 8 heteroatoms. The summed E-state index contributed by atoms with van der Waals surface area (Å²) in [5.41, 5.74) is 0.663. The van der Waals surface area contributed by atoms with E-state index < -0.39 is 0 Å². The normalized spacial score (nSPS) is 20.2.